The van der Waals surface area contributed by atoms with Crippen molar-refractivity contribution >= 4 is 16.9 Å². The Kier molecular flexibility index (Phi) is 5.70. The molecule has 0 fully saturated rings. The van der Waals surface area contributed by atoms with Crippen LogP contribution in [0.4, 0.5) is 0 Å². The van der Waals surface area contributed by atoms with E-state index in [9.17, 15) is 4.79 Å². The molecule has 3 aromatic rings. The zero-order valence-corrected chi connectivity index (χ0v) is 14.6. The standard InChI is InChI=1S/C22H19O2S/c1-2-22(23)24-17-18-13-15-21(16-14-18)25(19-9-5-3-6-10-19)20-11-7-4-8-12-20/h2-16H,1,17H2/q+1. The molecule has 0 radical (unpaired) electrons. The molecule has 3 rings (SSSR count). The van der Waals surface area contributed by atoms with Crippen LogP contribution in [0.1, 0.15) is 5.56 Å². The van der Waals surface area contributed by atoms with Crippen molar-refractivity contribution in [1.29, 1.82) is 0 Å². The van der Waals surface area contributed by atoms with E-state index >= 15 is 0 Å². The van der Waals surface area contributed by atoms with Crippen LogP contribution >= 0.6 is 0 Å². The Hall–Kier alpha value is -2.78. The fourth-order valence-corrected chi connectivity index (χ4v) is 4.54. The first-order valence-corrected chi connectivity index (χ1v) is 9.23. The van der Waals surface area contributed by atoms with Gasteiger partial charge >= 0.3 is 5.97 Å². The number of esters is 1. The van der Waals surface area contributed by atoms with Crippen LogP contribution in [0, 0.1) is 0 Å². The molecule has 0 aliphatic rings. The van der Waals surface area contributed by atoms with Gasteiger partial charge in [-0.3, -0.25) is 0 Å². The number of hydrogen-bond donors (Lipinski definition) is 0. The minimum atomic E-state index is -0.405. The maximum atomic E-state index is 11.2. The van der Waals surface area contributed by atoms with Gasteiger partial charge in [-0.2, -0.15) is 0 Å². The Bertz CT molecular complexity index is 787. The highest BCUT2D eigenvalue weighted by Gasteiger charge is 2.27. The Balaban J connectivity index is 1.89. The first kappa shape index (κ1) is 17.1. The summed E-state index contributed by atoms with van der Waals surface area (Å²) in [4.78, 5) is 15.0. The summed E-state index contributed by atoms with van der Waals surface area (Å²) in [5, 5.41) is 0. The Morgan fingerprint density at radius 1 is 0.800 bits per heavy atom. The van der Waals surface area contributed by atoms with Crippen LogP contribution in [0.15, 0.2) is 112 Å². The Morgan fingerprint density at radius 2 is 1.28 bits per heavy atom. The predicted molar refractivity (Wildman–Crippen MR) is 101 cm³/mol. The molecule has 0 aliphatic heterocycles. The summed E-state index contributed by atoms with van der Waals surface area (Å²) < 4.78 is 5.09. The quantitative estimate of drug-likeness (QED) is 0.356. The number of rotatable bonds is 6. The van der Waals surface area contributed by atoms with Crippen LogP contribution in [-0.4, -0.2) is 5.97 Å². The SMILES string of the molecule is C=CC(=O)OCc1ccc([S+](c2ccccc2)c2ccccc2)cc1. The molecular formula is C22H19O2S+. The molecule has 25 heavy (non-hydrogen) atoms. The van der Waals surface area contributed by atoms with Gasteiger partial charge in [0.15, 0.2) is 14.7 Å². The maximum absolute atomic E-state index is 11.2. The number of ether oxygens (including phenoxy) is 1. The maximum Gasteiger partial charge on any atom is 0.330 e. The molecule has 124 valence electrons. The van der Waals surface area contributed by atoms with Gasteiger partial charge in [0.2, 0.25) is 0 Å². The van der Waals surface area contributed by atoms with Gasteiger partial charge in [-0.05, 0) is 42.0 Å². The highest BCUT2D eigenvalue weighted by Crippen LogP contribution is 2.31. The molecule has 0 N–H and O–H groups in total. The van der Waals surface area contributed by atoms with Gasteiger partial charge in [-0.25, -0.2) is 4.79 Å². The van der Waals surface area contributed by atoms with Gasteiger partial charge in [0.1, 0.15) is 6.61 Å². The first-order chi connectivity index (χ1) is 12.3. The van der Waals surface area contributed by atoms with E-state index in [4.69, 9.17) is 4.74 Å². The lowest BCUT2D eigenvalue weighted by molar-refractivity contribution is -0.138. The number of hydrogen-bond acceptors (Lipinski definition) is 2. The molecule has 0 amide bonds. The van der Waals surface area contributed by atoms with Gasteiger partial charge in [0.25, 0.3) is 0 Å². The van der Waals surface area contributed by atoms with Crippen LogP contribution in [0.2, 0.25) is 0 Å². The van der Waals surface area contributed by atoms with Crippen LogP contribution in [-0.2, 0) is 27.0 Å². The van der Waals surface area contributed by atoms with Gasteiger partial charge < -0.3 is 4.74 Å². The van der Waals surface area contributed by atoms with Gasteiger partial charge in [0, 0.05) is 6.08 Å². The summed E-state index contributed by atoms with van der Waals surface area (Å²) in [6.45, 7) is 3.66. The summed E-state index contributed by atoms with van der Waals surface area (Å²) in [5.74, 6) is -0.405. The van der Waals surface area contributed by atoms with Gasteiger partial charge in [0.05, 0.1) is 10.9 Å². The third kappa shape index (κ3) is 4.40. The molecule has 0 saturated carbocycles. The minimum Gasteiger partial charge on any atom is -0.458 e. The summed E-state index contributed by atoms with van der Waals surface area (Å²) in [6.07, 6.45) is 1.18. The van der Waals surface area contributed by atoms with E-state index in [1.54, 1.807) is 0 Å². The first-order valence-electron chi connectivity index (χ1n) is 8.00. The van der Waals surface area contributed by atoms with Crippen LogP contribution in [0.25, 0.3) is 0 Å². The molecule has 3 aromatic carbocycles. The lowest BCUT2D eigenvalue weighted by atomic mass is 10.2. The molecule has 0 atom stereocenters. The summed E-state index contributed by atoms with van der Waals surface area (Å²) in [7, 11) is -0.161. The van der Waals surface area contributed by atoms with Crippen molar-refractivity contribution < 1.29 is 9.53 Å². The van der Waals surface area contributed by atoms with Crippen molar-refractivity contribution in [3.8, 4) is 0 Å². The second-order valence-electron chi connectivity index (χ2n) is 5.39. The zero-order valence-electron chi connectivity index (χ0n) is 13.8. The molecule has 3 heteroatoms. The highest BCUT2D eigenvalue weighted by atomic mass is 32.2. The largest absolute Gasteiger partial charge is 0.458 e. The van der Waals surface area contributed by atoms with Crippen molar-refractivity contribution in [2.75, 3.05) is 0 Å². The fourth-order valence-electron chi connectivity index (χ4n) is 2.46. The molecule has 0 aliphatic carbocycles. The molecule has 0 heterocycles. The topological polar surface area (TPSA) is 26.3 Å². The Labute approximate surface area is 151 Å². The number of carbonyl (C=O) groups excluding carboxylic acids is 1. The van der Waals surface area contributed by atoms with Crippen molar-refractivity contribution in [2.24, 2.45) is 0 Å². The van der Waals surface area contributed by atoms with E-state index in [1.807, 2.05) is 24.3 Å². The van der Waals surface area contributed by atoms with E-state index in [2.05, 4.69) is 67.2 Å². The van der Waals surface area contributed by atoms with Crippen molar-refractivity contribution in [1.82, 2.24) is 0 Å². The second kappa shape index (κ2) is 8.36. The van der Waals surface area contributed by atoms with E-state index in [-0.39, 0.29) is 17.5 Å². The minimum absolute atomic E-state index is 0.161. The van der Waals surface area contributed by atoms with Gasteiger partial charge in [-0.1, -0.05) is 55.1 Å². The van der Waals surface area contributed by atoms with Gasteiger partial charge in [-0.15, -0.1) is 0 Å². The molecular weight excluding hydrogens is 328 g/mol. The number of benzene rings is 3. The normalized spacial score (nSPS) is 10.4. The van der Waals surface area contributed by atoms with E-state index in [0.717, 1.165) is 5.56 Å². The smallest absolute Gasteiger partial charge is 0.330 e. The average molecular weight is 347 g/mol. The second-order valence-corrected chi connectivity index (χ2v) is 7.41. The van der Waals surface area contributed by atoms with Crippen molar-refractivity contribution in [3.05, 3.63) is 103 Å². The van der Waals surface area contributed by atoms with Crippen LogP contribution in [0.3, 0.4) is 0 Å². The average Bonchev–Trinajstić information content (AvgIpc) is 2.69. The molecule has 2 nitrogen and oxygen atoms in total. The van der Waals surface area contributed by atoms with E-state index < -0.39 is 5.97 Å². The molecule has 0 aromatic heterocycles. The lowest BCUT2D eigenvalue weighted by Crippen LogP contribution is -2.05. The molecule has 0 saturated heterocycles. The van der Waals surface area contributed by atoms with Crippen molar-refractivity contribution in [3.63, 3.8) is 0 Å². The lowest BCUT2D eigenvalue weighted by Gasteiger charge is -2.08. The van der Waals surface area contributed by atoms with E-state index in [0.29, 0.717) is 0 Å². The molecule has 0 spiro atoms. The summed E-state index contributed by atoms with van der Waals surface area (Å²) in [5.41, 5.74) is 0.962. The monoisotopic (exact) mass is 347 g/mol. The summed E-state index contributed by atoms with van der Waals surface area (Å²) >= 11 is 0. The fraction of sp³-hybridized carbons (Fsp3) is 0.0455. The summed E-state index contributed by atoms with van der Waals surface area (Å²) in [6, 6.07) is 29.2. The third-order valence-corrected chi connectivity index (χ3v) is 5.90. The highest BCUT2D eigenvalue weighted by molar-refractivity contribution is 7.97. The third-order valence-electron chi connectivity index (χ3n) is 3.66. The van der Waals surface area contributed by atoms with Crippen LogP contribution < -0.4 is 0 Å². The van der Waals surface area contributed by atoms with E-state index in [1.165, 1.54) is 20.8 Å². The Morgan fingerprint density at radius 3 is 1.76 bits per heavy atom. The van der Waals surface area contributed by atoms with Crippen molar-refractivity contribution in [2.45, 2.75) is 21.3 Å². The molecule has 0 bridgehead atoms. The zero-order chi connectivity index (χ0) is 17.5. The van der Waals surface area contributed by atoms with Crippen LogP contribution in [0.5, 0.6) is 0 Å². The number of carbonyl (C=O) groups is 1. The molecule has 0 unspecified atom stereocenters. The predicted octanol–water partition coefficient (Wildman–Crippen LogP) is 5.01.